The lowest BCUT2D eigenvalue weighted by molar-refractivity contribution is -0.145. The number of rotatable bonds is 6. The maximum atomic E-state index is 12.1. The van der Waals surface area contributed by atoms with E-state index in [0.29, 0.717) is 39.0 Å². The molecule has 1 aliphatic rings. The van der Waals surface area contributed by atoms with Crippen molar-refractivity contribution in [2.24, 2.45) is 5.92 Å². The number of hydrogen-bond donors (Lipinski definition) is 1. The van der Waals surface area contributed by atoms with Gasteiger partial charge < -0.3 is 14.7 Å². The number of nitrogens with zero attached hydrogens (tertiary/aromatic N) is 1. The zero-order valence-electron chi connectivity index (χ0n) is 12.3. The highest BCUT2D eigenvalue weighted by molar-refractivity contribution is 9.10. The first kappa shape index (κ1) is 16.8. The average Bonchev–Trinajstić information content (AvgIpc) is 2.51. The second-order valence-corrected chi connectivity index (χ2v) is 6.34. The number of aliphatic carboxylic acids is 1. The van der Waals surface area contributed by atoms with Crippen molar-refractivity contribution in [3.05, 3.63) is 28.7 Å². The Morgan fingerprint density at radius 3 is 2.95 bits per heavy atom. The summed E-state index contributed by atoms with van der Waals surface area (Å²) < 4.78 is 6.54. The van der Waals surface area contributed by atoms with Crippen LogP contribution in [0.3, 0.4) is 0 Å². The first-order valence-electron chi connectivity index (χ1n) is 7.45. The highest BCUT2D eigenvalue weighted by atomic mass is 79.9. The summed E-state index contributed by atoms with van der Waals surface area (Å²) >= 11 is 3.37. The normalized spacial score (nSPS) is 18.0. The second-order valence-electron chi connectivity index (χ2n) is 5.43. The highest BCUT2D eigenvalue weighted by Gasteiger charge is 2.27. The van der Waals surface area contributed by atoms with E-state index in [1.54, 1.807) is 4.90 Å². The maximum Gasteiger partial charge on any atom is 0.308 e. The third kappa shape index (κ3) is 5.02. The van der Waals surface area contributed by atoms with Crippen LogP contribution in [0.25, 0.3) is 0 Å². The van der Waals surface area contributed by atoms with Crippen molar-refractivity contribution < 1.29 is 19.4 Å². The summed E-state index contributed by atoms with van der Waals surface area (Å²) in [6.45, 7) is 1.47. The van der Waals surface area contributed by atoms with Crippen LogP contribution in [0.5, 0.6) is 5.75 Å². The minimum absolute atomic E-state index is 0.0174. The Morgan fingerprint density at radius 1 is 1.41 bits per heavy atom. The number of carbonyl (C=O) groups is 2. The molecule has 0 bridgehead atoms. The minimum atomic E-state index is -0.810. The zero-order chi connectivity index (χ0) is 15.9. The number of likely N-dealkylation sites (tertiary alicyclic amines) is 1. The molecule has 120 valence electrons. The lowest BCUT2D eigenvalue weighted by Gasteiger charge is -2.30. The van der Waals surface area contributed by atoms with Crippen molar-refractivity contribution in [2.45, 2.75) is 25.7 Å². The molecule has 6 heteroatoms. The van der Waals surface area contributed by atoms with E-state index >= 15 is 0 Å². The molecule has 1 aromatic rings. The number of amides is 1. The molecule has 22 heavy (non-hydrogen) atoms. The average molecular weight is 370 g/mol. The lowest BCUT2D eigenvalue weighted by Crippen LogP contribution is -2.42. The summed E-state index contributed by atoms with van der Waals surface area (Å²) in [4.78, 5) is 24.8. The van der Waals surface area contributed by atoms with Crippen LogP contribution in [0.4, 0.5) is 0 Å². The molecule has 0 aromatic heterocycles. The van der Waals surface area contributed by atoms with Crippen molar-refractivity contribution >= 4 is 27.8 Å². The quantitative estimate of drug-likeness (QED) is 0.782. The van der Waals surface area contributed by atoms with E-state index in [1.807, 2.05) is 24.3 Å². The Labute approximate surface area is 138 Å². The van der Waals surface area contributed by atoms with Gasteiger partial charge in [0.15, 0.2) is 0 Å². The predicted molar refractivity (Wildman–Crippen MR) is 85.8 cm³/mol. The maximum absolute atomic E-state index is 12.1. The van der Waals surface area contributed by atoms with Gasteiger partial charge in [0.05, 0.1) is 12.5 Å². The van der Waals surface area contributed by atoms with Crippen LogP contribution < -0.4 is 4.74 Å². The van der Waals surface area contributed by atoms with Crippen molar-refractivity contribution in [3.8, 4) is 5.75 Å². The molecule has 0 unspecified atom stereocenters. The molecule has 0 aliphatic carbocycles. The molecule has 1 aromatic carbocycles. The molecule has 0 radical (unpaired) electrons. The van der Waals surface area contributed by atoms with Gasteiger partial charge >= 0.3 is 5.97 Å². The molecule has 1 atom stereocenters. The standard InChI is InChI=1S/C16H20BrNO4/c17-13-5-1-6-14(10-13)22-9-3-7-15(19)18-8-2-4-12(11-18)16(20)21/h1,5-6,10,12H,2-4,7-9,11H2,(H,20,21)/t12-/m0/s1. The summed E-state index contributed by atoms with van der Waals surface area (Å²) in [5, 5.41) is 9.04. The van der Waals surface area contributed by atoms with E-state index in [9.17, 15) is 9.59 Å². The number of hydrogen-bond acceptors (Lipinski definition) is 3. The number of carboxylic acid groups (broad SMARTS) is 1. The Kier molecular flexibility index (Phi) is 6.24. The molecular weight excluding hydrogens is 350 g/mol. The highest BCUT2D eigenvalue weighted by Crippen LogP contribution is 2.19. The van der Waals surface area contributed by atoms with Gasteiger partial charge in [-0.05, 0) is 37.5 Å². The van der Waals surface area contributed by atoms with Crippen LogP contribution >= 0.6 is 15.9 Å². The van der Waals surface area contributed by atoms with E-state index in [1.165, 1.54) is 0 Å². The van der Waals surface area contributed by atoms with Crippen molar-refractivity contribution in [1.82, 2.24) is 4.90 Å². The summed E-state index contributed by atoms with van der Waals surface area (Å²) in [6, 6.07) is 7.56. The monoisotopic (exact) mass is 369 g/mol. The lowest BCUT2D eigenvalue weighted by atomic mass is 9.98. The summed E-state index contributed by atoms with van der Waals surface area (Å²) in [7, 11) is 0. The molecule has 1 N–H and O–H groups in total. The molecular formula is C16H20BrNO4. The van der Waals surface area contributed by atoms with E-state index in [0.717, 1.165) is 16.6 Å². The van der Waals surface area contributed by atoms with Crippen molar-refractivity contribution in [2.75, 3.05) is 19.7 Å². The molecule has 0 spiro atoms. The fourth-order valence-electron chi connectivity index (χ4n) is 2.53. The minimum Gasteiger partial charge on any atom is -0.494 e. The van der Waals surface area contributed by atoms with Crippen LogP contribution in [0.15, 0.2) is 28.7 Å². The smallest absolute Gasteiger partial charge is 0.308 e. The van der Waals surface area contributed by atoms with Crippen LogP contribution in [0.2, 0.25) is 0 Å². The third-order valence-corrected chi connectivity index (χ3v) is 4.22. The molecule has 0 saturated carbocycles. The summed E-state index contributed by atoms with van der Waals surface area (Å²) in [5.41, 5.74) is 0. The number of benzene rings is 1. The molecule has 1 fully saturated rings. The van der Waals surface area contributed by atoms with Gasteiger partial charge in [-0.25, -0.2) is 0 Å². The number of carbonyl (C=O) groups excluding carboxylic acids is 1. The number of halogens is 1. The third-order valence-electron chi connectivity index (χ3n) is 3.72. The topological polar surface area (TPSA) is 66.8 Å². The first-order chi connectivity index (χ1) is 10.6. The molecule has 1 aliphatic heterocycles. The molecule has 1 amide bonds. The van der Waals surface area contributed by atoms with Crippen LogP contribution in [0.1, 0.15) is 25.7 Å². The van der Waals surface area contributed by atoms with E-state index < -0.39 is 11.9 Å². The fraction of sp³-hybridized carbons (Fsp3) is 0.500. The Balaban J connectivity index is 1.70. The molecule has 1 heterocycles. The largest absolute Gasteiger partial charge is 0.494 e. The molecule has 1 saturated heterocycles. The number of carboxylic acids is 1. The zero-order valence-corrected chi connectivity index (χ0v) is 13.9. The summed E-state index contributed by atoms with van der Waals surface area (Å²) in [6.07, 6.45) is 2.43. The van der Waals surface area contributed by atoms with Gasteiger partial charge in [-0.3, -0.25) is 9.59 Å². The SMILES string of the molecule is O=C(O)[C@H]1CCCN(C(=O)CCCOc2cccc(Br)c2)C1. The van der Waals surface area contributed by atoms with Gasteiger partial charge in [-0.1, -0.05) is 22.0 Å². The number of piperidine rings is 1. The van der Waals surface area contributed by atoms with E-state index in [4.69, 9.17) is 9.84 Å². The van der Waals surface area contributed by atoms with Gasteiger partial charge in [0.1, 0.15) is 5.75 Å². The Hall–Kier alpha value is -1.56. The van der Waals surface area contributed by atoms with Gasteiger partial charge in [-0.15, -0.1) is 0 Å². The van der Waals surface area contributed by atoms with E-state index in [-0.39, 0.29) is 5.91 Å². The van der Waals surface area contributed by atoms with Gasteiger partial charge in [-0.2, -0.15) is 0 Å². The first-order valence-corrected chi connectivity index (χ1v) is 8.24. The number of ether oxygens (including phenoxy) is 1. The Morgan fingerprint density at radius 2 is 2.23 bits per heavy atom. The van der Waals surface area contributed by atoms with Crippen LogP contribution in [-0.2, 0) is 9.59 Å². The van der Waals surface area contributed by atoms with Gasteiger partial charge in [0.2, 0.25) is 5.91 Å². The van der Waals surface area contributed by atoms with Crippen LogP contribution in [0, 0.1) is 5.92 Å². The fourth-order valence-corrected chi connectivity index (χ4v) is 2.91. The van der Waals surface area contributed by atoms with Gasteiger partial charge in [0, 0.05) is 24.0 Å². The Bertz CT molecular complexity index is 535. The predicted octanol–water partition coefficient (Wildman–Crippen LogP) is 2.93. The van der Waals surface area contributed by atoms with Crippen LogP contribution in [-0.4, -0.2) is 41.6 Å². The second kappa shape index (κ2) is 8.17. The van der Waals surface area contributed by atoms with Gasteiger partial charge in [0.25, 0.3) is 0 Å². The summed E-state index contributed by atoms with van der Waals surface area (Å²) in [5.74, 6) is -0.444. The van der Waals surface area contributed by atoms with E-state index in [2.05, 4.69) is 15.9 Å². The van der Waals surface area contributed by atoms with Crippen molar-refractivity contribution in [1.29, 1.82) is 0 Å². The molecule has 2 rings (SSSR count). The molecule has 5 nitrogen and oxygen atoms in total. The van der Waals surface area contributed by atoms with Crippen molar-refractivity contribution in [3.63, 3.8) is 0 Å².